The zero-order chi connectivity index (χ0) is 17.6. The highest BCUT2D eigenvalue weighted by atomic mass is 35.5. The normalized spacial score (nSPS) is 10.3. The number of aryl methyl sites for hydroxylation is 2. The van der Waals surface area contributed by atoms with Gasteiger partial charge in [0, 0.05) is 25.2 Å². The minimum Gasteiger partial charge on any atom is -0.484 e. The molecule has 5 nitrogen and oxygen atoms in total. The van der Waals surface area contributed by atoms with Crippen LogP contribution in [0.15, 0.2) is 12.1 Å². The van der Waals surface area contributed by atoms with Crippen molar-refractivity contribution in [3.63, 3.8) is 0 Å². The highest BCUT2D eigenvalue weighted by molar-refractivity contribution is 6.32. The molecular formula is C17H25ClN2O3. The number of ether oxygens (including phenoxy) is 1. The predicted molar refractivity (Wildman–Crippen MR) is 92.0 cm³/mol. The number of likely N-dealkylation sites (N-methyl/N-ethyl adjacent to an activating group) is 2. The first kappa shape index (κ1) is 19.3. The summed E-state index contributed by atoms with van der Waals surface area (Å²) in [6, 6.07) is 3.59. The van der Waals surface area contributed by atoms with Gasteiger partial charge in [0.05, 0.1) is 6.54 Å². The molecule has 0 spiro atoms. The molecule has 0 aromatic heterocycles. The van der Waals surface area contributed by atoms with E-state index in [0.29, 0.717) is 23.9 Å². The van der Waals surface area contributed by atoms with Gasteiger partial charge in [-0.25, -0.2) is 0 Å². The molecular weight excluding hydrogens is 316 g/mol. The van der Waals surface area contributed by atoms with Gasteiger partial charge >= 0.3 is 0 Å². The Hall–Kier alpha value is -1.75. The highest BCUT2D eigenvalue weighted by Gasteiger charge is 2.17. The molecule has 128 valence electrons. The van der Waals surface area contributed by atoms with Crippen molar-refractivity contribution in [3.8, 4) is 5.75 Å². The first-order valence-electron chi connectivity index (χ1n) is 7.71. The van der Waals surface area contributed by atoms with E-state index in [2.05, 4.69) is 0 Å². The van der Waals surface area contributed by atoms with E-state index in [9.17, 15) is 9.59 Å². The van der Waals surface area contributed by atoms with Gasteiger partial charge in [0.2, 0.25) is 5.91 Å². The third kappa shape index (κ3) is 5.43. The van der Waals surface area contributed by atoms with Crippen LogP contribution in [0.4, 0.5) is 0 Å². The van der Waals surface area contributed by atoms with E-state index < -0.39 is 0 Å². The molecule has 6 heteroatoms. The maximum absolute atomic E-state index is 12.1. The number of halogens is 1. The SMILES string of the molecule is CCN(CC)C(=O)CN(C)C(=O)COc1cc(C)c(Cl)c(C)c1. The zero-order valence-electron chi connectivity index (χ0n) is 14.5. The van der Waals surface area contributed by atoms with Crippen LogP contribution in [0.3, 0.4) is 0 Å². The summed E-state index contributed by atoms with van der Waals surface area (Å²) in [6.45, 7) is 8.83. The lowest BCUT2D eigenvalue weighted by molar-refractivity contribution is -0.140. The van der Waals surface area contributed by atoms with Gasteiger partial charge in [0.1, 0.15) is 5.75 Å². The topological polar surface area (TPSA) is 49.9 Å². The van der Waals surface area contributed by atoms with Gasteiger partial charge < -0.3 is 14.5 Å². The molecule has 0 saturated carbocycles. The second kappa shape index (κ2) is 8.77. The van der Waals surface area contributed by atoms with Crippen molar-refractivity contribution in [2.24, 2.45) is 0 Å². The second-order valence-corrected chi connectivity index (χ2v) is 5.85. The van der Waals surface area contributed by atoms with Crippen molar-refractivity contribution in [3.05, 3.63) is 28.3 Å². The summed E-state index contributed by atoms with van der Waals surface area (Å²) < 4.78 is 5.53. The Bertz CT molecular complexity index is 548. The van der Waals surface area contributed by atoms with Crippen molar-refractivity contribution >= 4 is 23.4 Å². The van der Waals surface area contributed by atoms with Gasteiger partial charge in [0.15, 0.2) is 6.61 Å². The summed E-state index contributed by atoms with van der Waals surface area (Å²) in [4.78, 5) is 27.2. The molecule has 0 bridgehead atoms. The summed E-state index contributed by atoms with van der Waals surface area (Å²) in [7, 11) is 1.60. The fourth-order valence-corrected chi connectivity index (χ4v) is 2.32. The maximum Gasteiger partial charge on any atom is 0.260 e. The number of carbonyl (C=O) groups is 2. The number of benzene rings is 1. The molecule has 1 aromatic carbocycles. The van der Waals surface area contributed by atoms with Crippen LogP contribution in [0.2, 0.25) is 5.02 Å². The molecule has 0 saturated heterocycles. The standard InChI is InChI=1S/C17H25ClN2O3/c1-6-20(7-2)15(21)10-19(5)16(22)11-23-14-8-12(3)17(18)13(4)9-14/h8-9H,6-7,10-11H2,1-5H3. The molecule has 0 unspecified atom stereocenters. The molecule has 2 amide bonds. The van der Waals surface area contributed by atoms with Gasteiger partial charge in [-0.1, -0.05) is 11.6 Å². The smallest absolute Gasteiger partial charge is 0.260 e. The van der Waals surface area contributed by atoms with Crippen molar-refractivity contribution < 1.29 is 14.3 Å². The lowest BCUT2D eigenvalue weighted by Gasteiger charge is -2.23. The summed E-state index contributed by atoms with van der Waals surface area (Å²) in [5.41, 5.74) is 1.80. The molecule has 0 heterocycles. The molecule has 0 radical (unpaired) electrons. The van der Waals surface area contributed by atoms with Crippen LogP contribution in [-0.4, -0.2) is 54.9 Å². The van der Waals surface area contributed by atoms with Crippen LogP contribution < -0.4 is 4.74 Å². The number of rotatable bonds is 7. The third-order valence-corrected chi connectivity index (χ3v) is 4.28. The Morgan fingerprint density at radius 1 is 1.09 bits per heavy atom. The Kier molecular flexibility index (Phi) is 7.36. The number of hydrogen-bond acceptors (Lipinski definition) is 3. The van der Waals surface area contributed by atoms with Gasteiger partial charge in [-0.2, -0.15) is 0 Å². The molecule has 1 rings (SSSR count). The van der Waals surface area contributed by atoms with Crippen LogP contribution in [0.5, 0.6) is 5.75 Å². The number of hydrogen-bond donors (Lipinski definition) is 0. The maximum atomic E-state index is 12.1. The van der Waals surface area contributed by atoms with Crippen molar-refractivity contribution in [2.75, 3.05) is 33.3 Å². The Morgan fingerprint density at radius 3 is 2.09 bits per heavy atom. The van der Waals surface area contributed by atoms with Gasteiger partial charge in [-0.05, 0) is 51.0 Å². The number of carbonyl (C=O) groups excluding carboxylic acids is 2. The molecule has 0 atom stereocenters. The van der Waals surface area contributed by atoms with Crippen LogP contribution >= 0.6 is 11.6 Å². The largest absolute Gasteiger partial charge is 0.484 e. The Morgan fingerprint density at radius 2 is 1.61 bits per heavy atom. The lowest BCUT2D eigenvalue weighted by Crippen LogP contribution is -2.42. The monoisotopic (exact) mass is 340 g/mol. The minimum absolute atomic E-state index is 0.0581. The van der Waals surface area contributed by atoms with E-state index in [-0.39, 0.29) is 25.0 Å². The van der Waals surface area contributed by atoms with E-state index >= 15 is 0 Å². The van der Waals surface area contributed by atoms with Crippen molar-refractivity contribution in [1.82, 2.24) is 9.80 Å². The molecule has 23 heavy (non-hydrogen) atoms. The third-order valence-electron chi connectivity index (χ3n) is 3.69. The van der Waals surface area contributed by atoms with Crippen LogP contribution in [-0.2, 0) is 9.59 Å². The van der Waals surface area contributed by atoms with Crippen molar-refractivity contribution in [1.29, 1.82) is 0 Å². The van der Waals surface area contributed by atoms with Gasteiger partial charge in [0.25, 0.3) is 5.91 Å². The Labute approximate surface area is 143 Å². The fourth-order valence-electron chi connectivity index (χ4n) is 2.21. The highest BCUT2D eigenvalue weighted by Crippen LogP contribution is 2.25. The average Bonchev–Trinajstić information content (AvgIpc) is 2.51. The molecule has 0 aliphatic heterocycles. The lowest BCUT2D eigenvalue weighted by atomic mass is 10.1. The number of nitrogens with zero attached hydrogens (tertiary/aromatic N) is 2. The summed E-state index contributed by atoms with van der Waals surface area (Å²) in [6.07, 6.45) is 0. The molecule has 0 fully saturated rings. The van der Waals surface area contributed by atoms with E-state index in [1.807, 2.05) is 27.7 Å². The summed E-state index contributed by atoms with van der Waals surface area (Å²) >= 11 is 6.10. The zero-order valence-corrected chi connectivity index (χ0v) is 15.2. The van der Waals surface area contributed by atoms with Crippen LogP contribution in [0.25, 0.3) is 0 Å². The summed E-state index contributed by atoms with van der Waals surface area (Å²) in [5.74, 6) is 0.293. The first-order valence-corrected chi connectivity index (χ1v) is 8.09. The van der Waals surface area contributed by atoms with Crippen LogP contribution in [0, 0.1) is 13.8 Å². The fraction of sp³-hybridized carbons (Fsp3) is 0.529. The van der Waals surface area contributed by atoms with E-state index in [0.717, 1.165) is 11.1 Å². The van der Waals surface area contributed by atoms with Gasteiger partial charge in [-0.15, -0.1) is 0 Å². The molecule has 0 N–H and O–H groups in total. The Balaban J connectivity index is 2.58. The second-order valence-electron chi connectivity index (χ2n) is 5.48. The van der Waals surface area contributed by atoms with E-state index in [4.69, 9.17) is 16.3 Å². The first-order chi connectivity index (χ1) is 10.8. The van der Waals surface area contributed by atoms with Crippen LogP contribution in [0.1, 0.15) is 25.0 Å². The van der Waals surface area contributed by atoms with E-state index in [1.165, 1.54) is 4.90 Å². The van der Waals surface area contributed by atoms with Gasteiger partial charge in [-0.3, -0.25) is 9.59 Å². The molecule has 1 aromatic rings. The van der Waals surface area contributed by atoms with E-state index in [1.54, 1.807) is 24.1 Å². The summed E-state index contributed by atoms with van der Waals surface area (Å²) in [5, 5.41) is 0.700. The molecule has 0 aliphatic rings. The predicted octanol–water partition coefficient (Wildman–Crippen LogP) is 2.66. The quantitative estimate of drug-likeness (QED) is 0.766. The minimum atomic E-state index is -0.240. The molecule has 0 aliphatic carbocycles. The average molecular weight is 341 g/mol. The number of amides is 2. The van der Waals surface area contributed by atoms with Crippen molar-refractivity contribution in [2.45, 2.75) is 27.7 Å².